The Hall–Kier alpha value is -1.11. The van der Waals surface area contributed by atoms with Gasteiger partial charge in [-0.15, -0.1) is 0 Å². The summed E-state index contributed by atoms with van der Waals surface area (Å²) in [7, 11) is -3.70. The topological polar surface area (TPSA) is 92.4 Å². The number of nitrogens with two attached hydrogens (primary N) is 1. The summed E-state index contributed by atoms with van der Waals surface area (Å²) in [6, 6.07) is 4.84. The Bertz CT molecular complexity index is 615. The SMILES string of the molecule is Cc1ccc(N)cc1S(=O)(=O)NC1(CO)CCCC(C)C1. The molecule has 4 N–H and O–H groups in total. The fourth-order valence-electron chi connectivity index (χ4n) is 3.17. The molecule has 0 bridgehead atoms. The van der Waals surface area contributed by atoms with Gasteiger partial charge in [0.2, 0.25) is 10.0 Å². The maximum absolute atomic E-state index is 12.7. The predicted octanol–water partition coefficient (Wildman–Crippen LogP) is 1.80. The quantitative estimate of drug-likeness (QED) is 0.739. The molecule has 21 heavy (non-hydrogen) atoms. The minimum atomic E-state index is -3.70. The Labute approximate surface area is 126 Å². The van der Waals surface area contributed by atoms with Gasteiger partial charge in [-0.1, -0.05) is 25.8 Å². The molecule has 5 nitrogen and oxygen atoms in total. The molecule has 1 aliphatic carbocycles. The minimum absolute atomic E-state index is 0.183. The van der Waals surface area contributed by atoms with E-state index >= 15 is 0 Å². The molecular weight excluding hydrogens is 288 g/mol. The lowest BCUT2D eigenvalue weighted by molar-refractivity contribution is 0.119. The first kappa shape index (κ1) is 16.3. The van der Waals surface area contributed by atoms with E-state index < -0.39 is 15.6 Å². The fourth-order valence-corrected chi connectivity index (χ4v) is 4.89. The van der Waals surface area contributed by atoms with Gasteiger partial charge in [0.1, 0.15) is 0 Å². The van der Waals surface area contributed by atoms with Crippen molar-refractivity contribution < 1.29 is 13.5 Å². The van der Waals surface area contributed by atoms with Crippen LogP contribution >= 0.6 is 0 Å². The third-order valence-electron chi connectivity index (χ3n) is 4.25. The zero-order chi connectivity index (χ0) is 15.7. The van der Waals surface area contributed by atoms with Gasteiger partial charge in [-0.05, 0) is 43.4 Å². The van der Waals surface area contributed by atoms with E-state index in [9.17, 15) is 13.5 Å². The molecule has 1 aromatic carbocycles. The van der Waals surface area contributed by atoms with Crippen LogP contribution in [-0.2, 0) is 10.0 Å². The van der Waals surface area contributed by atoms with Crippen molar-refractivity contribution in [1.29, 1.82) is 0 Å². The number of sulfonamides is 1. The molecule has 0 aliphatic heterocycles. The molecule has 0 amide bonds. The zero-order valence-corrected chi connectivity index (χ0v) is 13.4. The number of aryl methyl sites for hydroxylation is 1. The van der Waals surface area contributed by atoms with Crippen LogP contribution in [0.5, 0.6) is 0 Å². The van der Waals surface area contributed by atoms with Gasteiger partial charge >= 0.3 is 0 Å². The van der Waals surface area contributed by atoms with E-state index in [4.69, 9.17) is 5.73 Å². The lowest BCUT2D eigenvalue weighted by Gasteiger charge is -2.39. The van der Waals surface area contributed by atoms with Crippen molar-refractivity contribution in [1.82, 2.24) is 4.72 Å². The molecule has 2 atom stereocenters. The van der Waals surface area contributed by atoms with Crippen molar-refractivity contribution in [2.24, 2.45) is 5.92 Å². The van der Waals surface area contributed by atoms with Crippen molar-refractivity contribution in [3.63, 3.8) is 0 Å². The van der Waals surface area contributed by atoms with E-state index in [-0.39, 0.29) is 11.5 Å². The number of hydrogen-bond acceptors (Lipinski definition) is 4. The van der Waals surface area contributed by atoms with E-state index in [1.807, 2.05) is 0 Å². The number of anilines is 1. The number of hydrogen-bond donors (Lipinski definition) is 3. The molecule has 118 valence electrons. The summed E-state index contributed by atoms with van der Waals surface area (Å²) < 4.78 is 28.1. The normalized spacial score (nSPS) is 26.7. The number of nitrogen functional groups attached to an aromatic ring is 1. The van der Waals surface area contributed by atoms with Crippen molar-refractivity contribution in [2.75, 3.05) is 12.3 Å². The first-order valence-corrected chi connectivity index (χ1v) is 8.77. The van der Waals surface area contributed by atoms with Crippen molar-refractivity contribution >= 4 is 15.7 Å². The second-order valence-corrected chi connectivity index (χ2v) is 7.92. The number of rotatable bonds is 4. The molecule has 0 spiro atoms. The van der Waals surface area contributed by atoms with Crippen molar-refractivity contribution in [3.05, 3.63) is 23.8 Å². The van der Waals surface area contributed by atoms with E-state index in [2.05, 4.69) is 11.6 Å². The van der Waals surface area contributed by atoms with E-state index in [0.717, 1.165) is 12.8 Å². The molecule has 2 unspecified atom stereocenters. The van der Waals surface area contributed by atoms with Crippen LogP contribution in [0.1, 0.15) is 38.2 Å². The number of nitrogens with one attached hydrogen (secondary N) is 1. The summed E-state index contributed by atoms with van der Waals surface area (Å²) in [6.45, 7) is 3.64. The molecule has 0 radical (unpaired) electrons. The lowest BCUT2D eigenvalue weighted by atomic mass is 9.78. The molecule has 6 heteroatoms. The highest BCUT2D eigenvalue weighted by Gasteiger charge is 2.38. The molecule has 1 aromatic rings. The smallest absolute Gasteiger partial charge is 0.241 e. The number of aliphatic hydroxyl groups is 1. The van der Waals surface area contributed by atoms with Gasteiger partial charge in [0.15, 0.2) is 0 Å². The van der Waals surface area contributed by atoms with Crippen LogP contribution in [0, 0.1) is 12.8 Å². The van der Waals surface area contributed by atoms with Crippen LogP contribution < -0.4 is 10.5 Å². The molecule has 0 aromatic heterocycles. The van der Waals surface area contributed by atoms with Crippen LogP contribution in [0.3, 0.4) is 0 Å². The molecule has 0 saturated heterocycles. The second-order valence-electron chi connectivity index (χ2n) is 6.27. The fraction of sp³-hybridized carbons (Fsp3) is 0.600. The predicted molar refractivity (Wildman–Crippen MR) is 83.4 cm³/mol. The lowest BCUT2D eigenvalue weighted by Crippen LogP contribution is -2.53. The standard InChI is InChI=1S/C15H24N2O3S/c1-11-4-3-7-15(9-11,10-18)17-21(19,20)14-8-13(16)6-5-12(14)2/h5-6,8,11,17-18H,3-4,7,9-10,16H2,1-2H3. The van der Waals surface area contributed by atoms with Gasteiger partial charge in [0, 0.05) is 5.69 Å². The third-order valence-corrected chi connectivity index (χ3v) is 5.97. The molecule has 2 rings (SSSR count). The van der Waals surface area contributed by atoms with Crippen molar-refractivity contribution in [2.45, 2.75) is 50.0 Å². The summed E-state index contributed by atoms with van der Waals surface area (Å²) in [5, 5.41) is 9.74. The summed E-state index contributed by atoms with van der Waals surface area (Å²) in [6.07, 6.45) is 3.31. The Morgan fingerprint density at radius 2 is 2.19 bits per heavy atom. The van der Waals surface area contributed by atoms with Gasteiger partial charge in [-0.25, -0.2) is 13.1 Å². The minimum Gasteiger partial charge on any atom is -0.399 e. The van der Waals surface area contributed by atoms with E-state index in [1.54, 1.807) is 19.1 Å². The van der Waals surface area contributed by atoms with Crippen LogP contribution in [0.15, 0.2) is 23.1 Å². The largest absolute Gasteiger partial charge is 0.399 e. The molecule has 1 fully saturated rings. The molecule has 0 heterocycles. The van der Waals surface area contributed by atoms with Gasteiger partial charge in [0.25, 0.3) is 0 Å². The summed E-state index contributed by atoms with van der Waals surface area (Å²) in [5.41, 5.74) is 6.01. The van der Waals surface area contributed by atoms with E-state index in [1.165, 1.54) is 6.07 Å². The summed E-state index contributed by atoms with van der Waals surface area (Å²) in [4.78, 5) is 0.188. The molecule has 1 aliphatic rings. The monoisotopic (exact) mass is 312 g/mol. The van der Waals surface area contributed by atoms with Crippen LogP contribution in [-0.4, -0.2) is 25.7 Å². The first-order chi connectivity index (χ1) is 9.78. The Kier molecular flexibility index (Phi) is 4.60. The van der Waals surface area contributed by atoms with Gasteiger partial charge in [-0.3, -0.25) is 0 Å². The number of aliphatic hydroxyl groups excluding tert-OH is 1. The second kappa shape index (κ2) is 5.94. The molecular formula is C15H24N2O3S. The van der Waals surface area contributed by atoms with Crippen LogP contribution in [0.2, 0.25) is 0 Å². The van der Waals surface area contributed by atoms with Crippen molar-refractivity contribution in [3.8, 4) is 0 Å². The van der Waals surface area contributed by atoms with E-state index in [0.29, 0.717) is 30.0 Å². The average Bonchev–Trinajstić information content (AvgIpc) is 2.41. The number of benzene rings is 1. The van der Waals surface area contributed by atoms with Gasteiger partial charge in [0.05, 0.1) is 17.0 Å². The third kappa shape index (κ3) is 3.56. The Morgan fingerprint density at radius 1 is 1.48 bits per heavy atom. The maximum atomic E-state index is 12.7. The van der Waals surface area contributed by atoms with Gasteiger partial charge < -0.3 is 10.8 Å². The maximum Gasteiger partial charge on any atom is 0.241 e. The zero-order valence-electron chi connectivity index (χ0n) is 12.6. The Morgan fingerprint density at radius 3 is 2.81 bits per heavy atom. The summed E-state index contributed by atoms with van der Waals surface area (Å²) >= 11 is 0. The average molecular weight is 312 g/mol. The highest BCUT2D eigenvalue weighted by atomic mass is 32.2. The van der Waals surface area contributed by atoms with Crippen LogP contribution in [0.4, 0.5) is 5.69 Å². The molecule has 1 saturated carbocycles. The first-order valence-electron chi connectivity index (χ1n) is 7.29. The summed E-state index contributed by atoms with van der Waals surface area (Å²) in [5.74, 6) is 0.399. The highest BCUT2D eigenvalue weighted by molar-refractivity contribution is 7.89. The highest BCUT2D eigenvalue weighted by Crippen LogP contribution is 2.33. The Balaban J connectivity index is 2.33. The van der Waals surface area contributed by atoms with Crippen LogP contribution in [0.25, 0.3) is 0 Å². The van der Waals surface area contributed by atoms with Gasteiger partial charge in [-0.2, -0.15) is 0 Å².